The molecule has 0 rings (SSSR count). The first-order valence-electron chi connectivity index (χ1n) is 4.51. The topological polar surface area (TPSA) is 3.24 Å². The van der Waals surface area contributed by atoms with Crippen molar-refractivity contribution in [1.82, 2.24) is 4.90 Å². The summed E-state index contributed by atoms with van der Waals surface area (Å²) in [7, 11) is 0. The van der Waals surface area contributed by atoms with E-state index in [1.165, 1.54) is 25.3 Å². The van der Waals surface area contributed by atoms with Crippen LogP contribution in [0.2, 0.25) is 0 Å². The second-order valence-corrected chi connectivity index (χ2v) is 4.94. The van der Waals surface area contributed by atoms with E-state index in [-0.39, 0.29) is 0 Å². The van der Waals surface area contributed by atoms with Crippen LogP contribution in [0.25, 0.3) is 0 Å². The fourth-order valence-corrected chi connectivity index (χ4v) is 2.02. The van der Waals surface area contributed by atoms with Gasteiger partial charge in [-0.2, -0.15) is 11.8 Å². The van der Waals surface area contributed by atoms with E-state index in [2.05, 4.69) is 40.9 Å². The second-order valence-electron chi connectivity index (χ2n) is 3.17. The van der Waals surface area contributed by atoms with Gasteiger partial charge in [-0.3, -0.25) is 0 Å². The van der Waals surface area contributed by atoms with Crippen molar-refractivity contribution < 1.29 is 0 Å². The molecule has 0 aromatic heterocycles. The quantitative estimate of drug-likeness (QED) is 0.507. The molecule has 3 heteroatoms. The SMILES string of the molecule is CSCCCN(CCBr)C(C)C. The van der Waals surface area contributed by atoms with Crippen molar-refractivity contribution in [3.05, 3.63) is 0 Å². The Morgan fingerprint density at radius 3 is 2.42 bits per heavy atom. The number of halogens is 1. The van der Waals surface area contributed by atoms with Gasteiger partial charge in [0.2, 0.25) is 0 Å². The Balaban J connectivity index is 3.49. The average molecular weight is 254 g/mol. The van der Waals surface area contributed by atoms with Crippen LogP contribution in [-0.2, 0) is 0 Å². The Hall–Kier alpha value is 0.790. The third-order valence-corrected chi connectivity index (χ3v) is 2.95. The highest BCUT2D eigenvalue weighted by Crippen LogP contribution is 2.03. The fraction of sp³-hybridized carbons (Fsp3) is 1.00. The Bertz CT molecular complexity index is 98.5. The van der Waals surface area contributed by atoms with E-state index in [9.17, 15) is 0 Å². The van der Waals surface area contributed by atoms with E-state index >= 15 is 0 Å². The van der Waals surface area contributed by atoms with Crippen LogP contribution in [0.4, 0.5) is 0 Å². The molecule has 1 nitrogen and oxygen atoms in total. The van der Waals surface area contributed by atoms with Gasteiger partial charge in [-0.25, -0.2) is 0 Å². The summed E-state index contributed by atoms with van der Waals surface area (Å²) in [6.07, 6.45) is 3.48. The molecule has 0 aliphatic rings. The highest BCUT2D eigenvalue weighted by Gasteiger charge is 2.06. The molecule has 0 fully saturated rings. The summed E-state index contributed by atoms with van der Waals surface area (Å²) in [5.41, 5.74) is 0. The first-order chi connectivity index (χ1) is 5.72. The second kappa shape index (κ2) is 8.39. The summed E-state index contributed by atoms with van der Waals surface area (Å²) < 4.78 is 0. The minimum Gasteiger partial charge on any atom is -0.300 e. The Labute approximate surface area is 89.4 Å². The maximum atomic E-state index is 3.48. The monoisotopic (exact) mass is 253 g/mol. The number of thioether (sulfide) groups is 1. The molecule has 0 aliphatic carbocycles. The summed E-state index contributed by atoms with van der Waals surface area (Å²) in [6, 6.07) is 0.685. The molecule has 0 aromatic rings. The average Bonchev–Trinajstić information content (AvgIpc) is 2.03. The molecule has 0 aliphatic heterocycles. The lowest BCUT2D eigenvalue weighted by molar-refractivity contribution is 0.237. The van der Waals surface area contributed by atoms with Gasteiger partial charge in [0, 0.05) is 17.9 Å². The molecule has 0 N–H and O–H groups in total. The van der Waals surface area contributed by atoms with Crippen molar-refractivity contribution in [1.29, 1.82) is 0 Å². The lowest BCUT2D eigenvalue weighted by Gasteiger charge is -2.25. The minimum absolute atomic E-state index is 0.685. The van der Waals surface area contributed by atoms with E-state index in [1.54, 1.807) is 0 Å². The van der Waals surface area contributed by atoms with Crippen LogP contribution in [0.1, 0.15) is 20.3 Å². The van der Waals surface area contributed by atoms with Gasteiger partial charge in [-0.1, -0.05) is 15.9 Å². The molecule has 74 valence electrons. The Morgan fingerprint density at radius 1 is 1.33 bits per heavy atom. The van der Waals surface area contributed by atoms with Gasteiger partial charge < -0.3 is 4.90 Å². The van der Waals surface area contributed by atoms with Gasteiger partial charge in [0.15, 0.2) is 0 Å². The largest absolute Gasteiger partial charge is 0.300 e. The van der Waals surface area contributed by atoms with Gasteiger partial charge in [0.1, 0.15) is 0 Å². The molecule has 0 bridgehead atoms. The van der Waals surface area contributed by atoms with Crippen LogP contribution in [0.5, 0.6) is 0 Å². The molecular formula is C9H20BrNS. The maximum Gasteiger partial charge on any atom is 0.0159 e. The third kappa shape index (κ3) is 6.32. The van der Waals surface area contributed by atoms with Crippen LogP contribution in [-0.4, -0.2) is 41.4 Å². The molecule has 0 heterocycles. The molecule has 0 aromatic carbocycles. The number of hydrogen-bond acceptors (Lipinski definition) is 2. The van der Waals surface area contributed by atoms with Gasteiger partial charge >= 0.3 is 0 Å². The molecule has 0 saturated heterocycles. The van der Waals surface area contributed by atoms with Crippen molar-refractivity contribution in [2.24, 2.45) is 0 Å². The zero-order chi connectivity index (χ0) is 9.40. The predicted octanol–water partition coefficient (Wildman–Crippen LogP) is 2.84. The lowest BCUT2D eigenvalue weighted by Crippen LogP contribution is -2.33. The van der Waals surface area contributed by atoms with E-state index in [0.29, 0.717) is 6.04 Å². The smallest absolute Gasteiger partial charge is 0.0159 e. The molecule has 0 radical (unpaired) electrons. The molecule has 0 saturated carbocycles. The van der Waals surface area contributed by atoms with Gasteiger partial charge in [0.25, 0.3) is 0 Å². The van der Waals surface area contributed by atoms with Crippen molar-refractivity contribution in [3.8, 4) is 0 Å². The van der Waals surface area contributed by atoms with Crippen molar-refractivity contribution in [3.63, 3.8) is 0 Å². The number of nitrogens with zero attached hydrogens (tertiary/aromatic N) is 1. The van der Waals surface area contributed by atoms with Crippen molar-refractivity contribution in [2.45, 2.75) is 26.3 Å². The van der Waals surface area contributed by atoms with Crippen LogP contribution >= 0.6 is 27.7 Å². The van der Waals surface area contributed by atoms with Crippen LogP contribution in [0, 0.1) is 0 Å². The number of hydrogen-bond donors (Lipinski definition) is 0. The zero-order valence-electron chi connectivity index (χ0n) is 8.35. The van der Waals surface area contributed by atoms with Crippen LogP contribution in [0.15, 0.2) is 0 Å². The summed E-state index contributed by atoms with van der Waals surface area (Å²) in [5.74, 6) is 1.28. The highest BCUT2D eigenvalue weighted by molar-refractivity contribution is 9.09. The third-order valence-electron chi connectivity index (χ3n) is 1.90. The summed E-state index contributed by atoms with van der Waals surface area (Å²) >= 11 is 5.42. The zero-order valence-corrected chi connectivity index (χ0v) is 10.7. The van der Waals surface area contributed by atoms with Crippen LogP contribution in [0.3, 0.4) is 0 Å². The number of rotatable bonds is 7. The maximum absolute atomic E-state index is 3.48. The van der Waals surface area contributed by atoms with Gasteiger partial charge in [-0.15, -0.1) is 0 Å². The first kappa shape index (κ1) is 12.8. The van der Waals surface area contributed by atoms with Crippen LogP contribution < -0.4 is 0 Å². The van der Waals surface area contributed by atoms with Gasteiger partial charge in [0.05, 0.1) is 0 Å². The van der Waals surface area contributed by atoms with Gasteiger partial charge in [-0.05, 0) is 38.8 Å². The van der Waals surface area contributed by atoms with E-state index in [4.69, 9.17) is 0 Å². The summed E-state index contributed by atoms with van der Waals surface area (Å²) in [6.45, 7) is 6.94. The fourth-order valence-electron chi connectivity index (χ4n) is 1.15. The molecule has 0 spiro atoms. The standard InChI is InChI=1S/C9H20BrNS/c1-9(2)11(7-5-10)6-4-8-12-3/h9H,4-8H2,1-3H3. The Morgan fingerprint density at radius 2 is 2.00 bits per heavy atom. The van der Waals surface area contributed by atoms with Crippen molar-refractivity contribution in [2.75, 3.05) is 30.4 Å². The Kier molecular flexibility index (Phi) is 8.94. The first-order valence-corrected chi connectivity index (χ1v) is 7.02. The lowest BCUT2D eigenvalue weighted by atomic mass is 10.3. The molecule has 12 heavy (non-hydrogen) atoms. The highest BCUT2D eigenvalue weighted by atomic mass is 79.9. The number of alkyl halides is 1. The van der Waals surface area contributed by atoms with E-state index in [0.717, 1.165) is 5.33 Å². The summed E-state index contributed by atoms with van der Waals surface area (Å²) in [5, 5.41) is 1.09. The minimum atomic E-state index is 0.685. The van der Waals surface area contributed by atoms with E-state index < -0.39 is 0 Å². The normalized spacial score (nSPS) is 11.5. The molecule has 0 unspecified atom stereocenters. The predicted molar refractivity (Wildman–Crippen MR) is 63.5 cm³/mol. The molecule has 0 atom stereocenters. The molecular weight excluding hydrogens is 234 g/mol. The molecule has 0 amide bonds. The van der Waals surface area contributed by atoms with Crippen molar-refractivity contribution >= 4 is 27.7 Å². The summed E-state index contributed by atoms with van der Waals surface area (Å²) in [4.78, 5) is 2.52. The van der Waals surface area contributed by atoms with E-state index in [1.807, 2.05) is 11.8 Å².